The van der Waals surface area contributed by atoms with Gasteiger partial charge in [-0.05, 0) is 48.9 Å². The van der Waals surface area contributed by atoms with Crippen LogP contribution in [-0.2, 0) is 14.3 Å². The molecule has 0 amide bonds. The number of ether oxygens (including phenoxy) is 4. The Labute approximate surface area is 174 Å². The molecule has 0 aliphatic carbocycles. The molecule has 1 atom stereocenters. The summed E-state index contributed by atoms with van der Waals surface area (Å²) in [6, 6.07) is 16.2. The van der Waals surface area contributed by atoms with Gasteiger partial charge in [0, 0.05) is 5.56 Å². The first-order valence-electron chi connectivity index (χ1n) is 9.31. The van der Waals surface area contributed by atoms with Crippen molar-refractivity contribution >= 4 is 11.7 Å². The number of nitrogens with two attached hydrogens (primary N) is 1. The summed E-state index contributed by atoms with van der Waals surface area (Å²) < 4.78 is 21.6. The first kappa shape index (κ1) is 20.8. The Bertz CT molecular complexity index is 1050. The van der Waals surface area contributed by atoms with Gasteiger partial charge in [-0.15, -0.1) is 0 Å². The van der Waals surface area contributed by atoms with E-state index in [4.69, 9.17) is 24.7 Å². The van der Waals surface area contributed by atoms with Crippen LogP contribution in [0.25, 0.3) is 5.76 Å². The average molecular weight is 406 g/mol. The van der Waals surface area contributed by atoms with E-state index in [9.17, 15) is 10.1 Å². The fourth-order valence-electron chi connectivity index (χ4n) is 3.29. The molecular weight excluding hydrogens is 384 g/mol. The number of hydrogen-bond donors (Lipinski definition) is 1. The fraction of sp³-hybridized carbons (Fsp3) is 0.217. The molecule has 0 aromatic heterocycles. The van der Waals surface area contributed by atoms with E-state index in [0.29, 0.717) is 22.6 Å². The summed E-state index contributed by atoms with van der Waals surface area (Å²) in [5, 5.41) is 9.78. The van der Waals surface area contributed by atoms with Gasteiger partial charge in [0.05, 0.1) is 32.3 Å². The predicted molar refractivity (Wildman–Crippen MR) is 110 cm³/mol. The molecule has 2 aromatic carbocycles. The fourth-order valence-corrected chi connectivity index (χ4v) is 3.29. The Morgan fingerprint density at radius 3 is 2.43 bits per heavy atom. The smallest absolute Gasteiger partial charge is 0.338 e. The van der Waals surface area contributed by atoms with Crippen molar-refractivity contribution in [2.75, 3.05) is 20.8 Å². The largest absolute Gasteiger partial charge is 0.497 e. The topological polar surface area (TPSA) is 104 Å². The van der Waals surface area contributed by atoms with Crippen molar-refractivity contribution in [3.05, 3.63) is 76.7 Å². The van der Waals surface area contributed by atoms with Crippen molar-refractivity contribution in [2.24, 2.45) is 5.73 Å². The maximum Gasteiger partial charge on any atom is 0.338 e. The van der Waals surface area contributed by atoms with Gasteiger partial charge < -0.3 is 24.7 Å². The van der Waals surface area contributed by atoms with Crippen molar-refractivity contribution in [3.8, 4) is 17.6 Å². The summed E-state index contributed by atoms with van der Waals surface area (Å²) >= 11 is 0. The minimum absolute atomic E-state index is 0.0656. The first-order chi connectivity index (χ1) is 14.5. The number of hydrogen-bond acceptors (Lipinski definition) is 7. The molecule has 7 heteroatoms. The van der Waals surface area contributed by atoms with E-state index in [1.165, 1.54) is 0 Å². The van der Waals surface area contributed by atoms with Gasteiger partial charge in [-0.3, -0.25) is 0 Å². The molecule has 7 nitrogen and oxygen atoms in total. The third kappa shape index (κ3) is 3.94. The van der Waals surface area contributed by atoms with E-state index < -0.39 is 11.9 Å². The van der Waals surface area contributed by atoms with Crippen LogP contribution in [0.15, 0.2) is 65.6 Å². The van der Waals surface area contributed by atoms with E-state index in [2.05, 4.69) is 6.07 Å². The van der Waals surface area contributed by atoms with Crippen LogP contribution in [0.3, 0.4) is 0 Å². The summed E-state index contributed by atoms with van der Waals surface area (Å²) in [5.41, 5.74) is 7.69. The minimum Gasteiger partial charge on any atom is -0.497 e. The summed E-state index contributed by atoms with van der Waals surface area (Å²) in [4.78, 5) is 13.0. The summed E-state index contributed by atoms with van der Waals surface area (Å²) in [6.07, 6.45) is 0. The molecule has 0 fully saturated rings. The van der Waals surface area contributed by atoms with E-state index in [0.717, 1.165) is 0 Å². The lowest BCUT2D eigenvalue weighted by atomic mass is 9.82. The highest BCUT2D eigenvalue weighted by Gasteiger charge is 2.38. The third-order valence-corrected chi connectivity index (χ3v) is 4.69. The van der Waals surface area contributed by atoms with Crippen LogP contribution in [0.2, 0.25) is 0 Å². The molecule has 30 heavy (non-hydrogen) atoms. The Balaban J connectivity index is 2.26. The number of esters is 1. The number of allylic oxidation sites excluding steroid dienone is 1. The van der Waals surface area contributed by atoms with Crippen molar-refractivity contribution < 1.29 is 23.7 Å². The van der Waals surface area contributed by atoms with Crippen molar-refractivity contribution in [3.63, 3.8) is 0 Å². The second kappa shape index (κ2) is 9.05. The molecule has 1 unspecified atom stereocenters. The normalized spacial score (nSPS) is 15.9. The van der Waals surface area contributed by atoms with Gasteiger partial charge in [0.15, 0.2) is 0 Å². The van der Waals surface area contributed by atoms with Gasteiger partial charge >= 0.3 is 5.97 Å². The zero-order valence-electron chi connectivity index (χ0n) is 17.0. The molecule has 154 valence electrons. The van der Waals surface area contributed by atoms with Crippen molar-refractivity contribution in [1.82, 2.24) is 0 Å². The molecule has 0 radical (unpaired) electrons. The molecule has 1 aliphatic rings. The molecule has 1 heterocycles. The van der Waals surface area contributed by atoms with Crippen LogP contribution in [0.5, 0.6) is 11.5 Å². The second-order valence-electron chi connectivity index (χ2n) is 6.39. The highest BCUT2D eigenvalue weighted by atomic mass is 16.5. The Kier molecular flexibility index (Phi) is 6.28. The summed E-state index contributed by atoms with van der Waals surface area (Å²) in [5.74, 6) is 0.0541. The van der Waals surface area contributed by atoms with Gasteiger partial charge in [-0.25, -0.2) is 4.79 Å². The van der Waals surface area contributed by atoms with E-state index in [1.807, 2.05) is 0 Å². The zero-order chi connectivity index (χ0) is 21.7. The molecule has 0 saturated carbocycles. The molecule has 0 saturated heterocycles. The summed E-state index contributed by atoms with van der Waals surface area (Å²) in [6.45, 7) is 1.88. The molecule has 2 aromatic rings. The lowest BCUT2D eigenvalue weighted by Gasteiger charge is -2.28. The Hall–Kier alpha value is -3.92. The van der Waals surface area contributed by atoms with Crippen LogP contribution < -0.4 is 15.2 Å². The third-order valence-electron chi connectivity index (χ3n) is 4.69. The van der Waals surface area contributed by atoms with E-state index in [1.54, 1.807) is 69.7 Å². The Morgan fingerprint density at radius 1 is 1.13 bits per heavy atom. The van der Waals surface area contributed by atoms with Crippen LogP contribution >= 0.6 is 0 Å². The standard InChI is InChI=1S/C23H22N2O5/c1-4-29-23(26)20-19(15-6-5-7-17(12-15)28-3)18(13-24)22(25)30-21(20)14-8-10-16(27-2)11-9-14/h5-12,19H,4,25H2,1-3H3. The molecule has 0 bridgehead atoms. The maximum atomic E-state index is 13.0. The van der Waals surface area contributed by atoms with Gasteiger partial charge in [-0.2, -0.15) is 5.26 Å². The van der Waals surface area contributed by atoms with Gasteiger partial charge in [0.25, 0.3) is 0 Å². The van der Waals surface area contributed by atoms with E-state index in [-0.39, 0.29) is 29.4 Å². The lowest BCUT2D eigenvalue weighted by molar-refractivity contribution is -0.138. The molecule has 2 N–H and O–H groups in total. The lowest BCUT2D eigenvalue weighted by Crippen LogP contribution is -2.25. The average Bonchev–Trinajstić information content (AvgIpc) is 2.78. The maximum absolute atomic E-state index is 13.0. The molecular formula is C23H22N2O5. The molecule has 3 rings (SSSR count). The highest BCUT2D eigenvalue weighted by Crippen LogP contribution is 2.43. The van der Waals surface area contributed by atoms with Gasteiger partial charge in [-0.1, -0.05) is 12.1 Å². The number of rotatable bonds is 6. The van der Waals surface area contributed by atoms with Crippen molar-refractivity contribution in [2.45, 2.75) is 12.8 Å². The number of nitriles is 1. The summed E-state index contributed by atoms with van der Waals surface area (Å²) in [7, 11) is 3.11. The van der Waals surface area contributed by atoms with Gasteiger partial charge in [0.1, 0.15) is 28.9 Å². The number of carbonyl (C=O) groups excluding carboxylic acids is 1. The number of nitrogens with zero attached hydrogens (tertiary/aromatic N) is 1. The monoisotopic (exact) mass is 406 g/mol. The van der Waals surface area contributed by atoms with Gasteiger partial charge in [0.2, 0.25) is 5.88 Å². The van der Waals surface area contributed by atoms with Crippen LogP contribution in [0, 0.1) is 11.3 Å². The Morgan fingerprint density at radius 2 is 1.83 bits per heavy atom. The number of methoxy groups -OCH3 is 2. The second-order valence-corrected chi connectivity index (χ2v) is 6.39. The first-order valence-corrected chi connectivity index (χ1v) is 9.31. The highest BCUT2D eigenvalue weighted by molar-refractivity contribution is 6.00. The SMILES string of the molecule is CCOC(=O)C1=C(c2ccc(OC)cc2)OC(N)=C(C#N)C1c1cccc(OC)c1. The van der Waals surface area contributed by atoms with E-state index >= 15 is 0 Å². The zero-order valence-corrected chi connectivity index (χ0v) is 17.0. The molecule has 0 spiro atoms. The predicted octanol–water partition coefficient (Wildman–Crippen LogP) is 3.49. The number of benzene rings is 2. The molecule has 1 aliphatic heterocycles. The van der Waals surface area contributed by atoms with Crippen LogP contribution in [-0.4, -0.2) is 26.8 Å². The number of carbonyl (C=O) groups is 1. The minimum atomic E-state index is -0.769. The van der Waals surface area contributed by atoms with Crippen LogP contribution in [0.4, 0.5) is 0 Å². The quantitative estimate of drug-likeness (QED) is 0.732. The van der Waals surface area contributed by atoms with Crippen LogP contribution in [0.1, 0.15) is 24.0 Å². The van der Waals surface area contributed by atoms with Crippen molar-refractivity contribution in [1.29, 1.82) is 5.26 Å².